The Morgan fingerprint density at radius 3 is 2.14 bits per heavy atom. The van der Waals surface area contributed by atoms with E-state index in [1.165, 1.54) is 0 Å². The molecule has 4 aromatic rings. The Hall–Kier alpha value is -4.37. The highest BCUT2D eigenvalue weighted by molar-refractivity contribution is 7.09. The van der Waals surface area contributed by atoms with Gasteiger partial charge in [0.15, 0.2) is 0 Å². The van der Waals surface area contributed by atoms with Gasteiger partial charge in [-0.25, -0.2) is 0 Å². The number of carbonyl (C=O) groups is 2. The lowest BCUT2D eigenvalue weighted by Crippen LogP contribution is -2.46. The second-order valence-electron chi connectivity index (χ2n) is 10.6. The smallest absolute Gasteiger partial charge is 0.273 e. The summed E-state index contributed by atoms with van der Waals surface area (Å²) in [5, 5.41) is 3.23. The molecule has 3 N–H and O–H groups in total. The first kappa shape index (κ1) is 29.1. The molecule has 218 valence electrons. The predicted molar refractivity (Wildman–Crippen MR) is 167 cm³/mol. The number of aryl methyl sites for hydroxylation is 2. The molecule has 1 atom stereocenters. The highest BCUT2D eigenvalue weighted by Gasteiger charge is 2.37. The van der Waals surface area contributed by atoms with Crippen LogP contribution in [0.5, 0.6) is 11.5 Å². The lowest BCUT2D eigenvalue weighted by atomic mass is 10.0. The normalized spacial score (nSPS) is 13.9. The van der Waals surface area contributed by atoms with Crippen molar-refractivity contribution in [3.05, 3.63) is 88.3 Å². The summed E-state index contributed by atoms with van der Waals surface area (Å²) >= 11 is 1.03. The summed E-state index contributed by atoms with van der Waals surface area (Å²) < 4.78 is 15.2. The fourth-order valence-electron chi connectivity index (χ4n) is 5.33. The molecule has 0 unspecified atom stereocenters. The van der Waals surface area contributed by atoms with Crippen molar-refractivity contribution in [1.29, 1.82) is 0 Å². The fraction of sp³-hybridized carbons (Fsp3) is 0.303. The minimum atomic E-state index is -0.947. The average molecular weight is 585 g/mol. The topological polar surface area (TPSA) is 107 Å². The van der Waals surface area contributed by atoms with E-state index in [2.05, 4.69) is 9.69 Å². The second kappa shape index (κ2) is 12.7. The number of rotatable bonds is 9. The number of amides is 2. The molecule has 8 nitrogen and oxygen atoms in total. The SMILES string of the molecule is COc1ccc(-c2nsc(C(=O)N(c3ccc(C)c(C)c3)[C@H](C(=O)NC3CCCC3)c3ccc(OC)cc3)c2N)cc1. The van der Waals surface area contributed by atoms with Crippen LogP contribution in [-0.2, 0) is 4.79 Å². The molecule has 1 aromatic heterocycles. The van der Waals surface area contributed by atoms with Crippen LogP contribution < -0.4 is 25.4 Å². The van der Waals surface area contributed by atoms with Crippen molar-refractivity contribution in [2.75, 3.05) is 24.9 Å². The summed E-state index contributed by atoms with van der Waals surface area (Å²) in [6.45, 7) is 4.01. The Morgan fingerprint density at radius 2 is 1.55 bits per heavy atom. The number of ether oxygens (including phenoxy) is 2. The molecule has 9 heteroatoms. The molecule has 1 heterocycles. The number of aromatic nitrogens is 1. The zero-order chi connectivity index (χ0) is 29.8. The number of hydrogen-bond donors (Lipinski definition) is 2. The standard InChI is InChI=1S/C33H36N4O4S/c1-20-9-14-25(19-21(20)2)37(33(39)31-28(34)29(36-42-31)22-10-15-26(40-3)16-11-22)30(23-12-17-27(41-4)18-13-23)32(38)35-24-7-5-6-8-24/h9-19,24,30H,5-8,34H2,1-4H3,(H,35,38)/t30-/m0/s1. The summed E-state index contributed by atoms with van der Waals surface area (Å²) in [7, 11) is 3.20. The highest BCUT2D eigenvalue weighted by atomic mass is 32.1. The van der Waals surface area contributed by atoms with E-state index >= 15 is 0 Å². The number of nitrogens with zero attached hydrogens (tertiary/aromatic N) is 2. The molecule has 0 saturated heterocycles. The molecule has 0 bridgehead atoms. The first-order chi connectivity index (χ1) is 20.3. The van der Waals surface area contributed by atoms with Gasteiger partial charge >= 0.3 is 0 Å². The molecular formula is C33H36N4O4S. The maximum Gasteiger partial charge on any atom is 0.273 e. The summed E-state index contributed by atoms with van der Waals surface area (Å²) in [5.74, 6) is 0.737. The summed E-state index contributed by atoms with van der Waals surface area (Å²) in [6, 6.07) is 19.5. The Labute approximate surface area is 250 Å². The van der Waals surface area contributed by atoms with E-state index in [9.17, 15) is 9.59 Å². The number of methoxy groups -OCH3 is 2. The van der Waals surface area contributed by atoms with Crippen LogP contribution in [0.25, 0.3) is 11.3 Å². The van der Waals surface area contributed by atoms with Crippen LogP contribution in [0.4, 0.5) is 11.4 Å². The van der Waals surface area contributed by atoms with Crippen molar-refractivity contribution in [3.63, 3.8) is 0 Å². The average Bonchev–Trinajstić information content (AvgIpc) is 3.66. The largest absolute Gasteiger partial charge is 0.497 e. The first-order valence-electron chi connectivity index (χ1n) is 14.1. The Kier molecular flexibility index (Phi) is 8.77. The van der Waals surface area contributed by atoms with E-state index in [0.717, 1.165) is 53.9 Å². The summed E-state index contributed by atoms with van der Waals surface area (Å²) in [6.07, 6.45) is 3.99. The van der Waals surface area contributed by atoms with Crippen molar-refractivity contribution in [3.8, 4) is 22.8 Å². The number of hydrogen-bond acceptors (Lipinski definition) is 7. The van der Waals surface area contributed by atoms with Gasteiger partial charge < -0.3 is 20.5 Å². The molecule has 0 spiro atoms. The van der Waals surface area contributed by atoms with Crippen molar-refractivity contribution < 1.29 is 19.1 Å². The van der Waals surface area contributed by atoms with Crippen LogP contribution in [0.2, 0.25) is 0 Å². The van der Waals surface area contributed by atoms with Crippen LogP contribution in [-0.4, -0.2) is 36.4 Å². The van der Waals surface area contributed by atoms with Gasteiger partial charge in [-0.2, -0.15) is 4.37 Å². The van der Waals surface area contributed by atoms with Crippen LogP contribution >= 0.6 is 11.5 Å². The first-order valence-corrected chi connectivity index (χ1v) is 14.8. The Bertz CT molecular complexity index is 1560. The van der Waals surface area contributed by atoms with Gasteiger partial charge in [-0.3, -0.25) is 14.5 Å². The lowest BCUT2D eigenvalue weighted by molar-refractivity contribution is -0.123. The third-order valence-corrected chi connectivity index (χ3v) is 8.76. The number of nitrogens with one attached hydrogen (secondary N) is 1. The molecule has 0 radical (unpaired) electrons. The number of anilines is 2. The predicted octanol–water partition coefficient (Wildman–Crippen LogP) is 6.47. The van der Waals surface area contributed by atoms with E-state index in [1.54, 1.807) is 31.3 Å². The quantitative estimate of drug-likeness (QED) is 0.233. The monoisotopic (exact) mass is 584 g/mol. The van der Waals surface area contributed by atoms with Gasteiger partial charge in [0.1, 0.15) is 28.1 Å². The summed E-state index contributed by atoms with van der Waals surface area (Å²) in [5.41, 5.74) is 11.5. The maximum absolute atomic E-state index is 14.6. The Balaban J connectivity index is 1.62. The van der Waals surface area contributed by atoms with Crippen molar-refractivity contribution >= 4 is 34.7 Å². The van der Waals surface area contributed by atoms with Crippen LogP contribution in [0.3, 0.4) is 0 Å². The molecular weight excluding hydrogens is 548 g/mol. The third kappa shape index (κ3) is 5.97. The maximum atomic E-state index is 14.6. The van der Waals surface area contributed by atoms with Crippen LogP contribution in [0.1, 0.15) is 58.1 Å². The van der Waals surface area contributed by atoms with Crippen molar-refractivity contribution in [1.82, 2.24) is 9.69 Å². The third-order valence-electron chi connectivity index (χ3n) is 7.91. The van der Waals surface area contributed by atoms with Gasteiger partial charge in [0.05, 0.1) is 19.9 Å². The lowest BCUT2D eigenvalue weighted by Gasteiger charge is -2.32. The Morgan fingerprint density at radius 1 is 0.929 bits per heavy atom. The van der Waals surface area contributed by atoms with Gasteiger partial charge in [-0.05, 0) is 103 Å². The molecule has 0 aliphatic heterocycles. The number of nitrogens with two attached hydrogens (primary N) is 1. The molecule has 1 aliphatic carbocycles. The van der Waals surface area contributed by atoms with E-state index in [1.807, 2.05) is 68.4 Å². The molecule has 1 saturated carbocycles. The van der Waals surface area contributed by atoms with E-state index < -0.39 is 11.9 Å². The van der Waals surface area contributed by atoms with Gasteiger partial charge in [0, 0.05) is 17.3 Å². The van der Waals surface area contributed by atoms with Crippen LogP contribution in [0.15, 0.2) is 66.7 Å². The molecule has 1 aliphatic rings. The number of nitrogen functional groups attached to an aromatic ring is 1. The van der Waals surface area contributed by atoms with Gasteiger partial charge in [-0.1, -0.05) is 31.0 Å². The number of benzene rings is 3. The number of carbonyl (C=O) groups excluding carboxylic acids is 2. The zero-order valence-electron chi connectivity index (χ0n) is 24.3. The summed E-state index contributed by atoms with van der Waals surface area (Å²) in [4.78, 5) is 30.5. The molecule has 2 amide bonds. The van der Waals surface area contributed by atoms with Gasteiger partial charge in [0.2, 0.25) is 5.91 Å². The van der Waals surface area contributed by atoms with E-state index in [0.29, 0.717) is 28.4 Å². The van der Waals surface area contributed by atoms with Crippen molar-refractivity contribution in [2.45, 2.75) is 51.6 Å². The molecule has 42 heavy (non-hydrogen) atoms. The highest BCUT2D eigenvalue weighted by Crippen LogP contribution is 2.37. The zero-order valence-corrected chi connectivity index (χ0v) is 25.2. The van der Waals surface area contributed by atoms with Crippen molar-refractivity contribution in [2.24, 2.45) is 0 Å². The van der Waals surface area contributed by atoms with Gasteiger partial charge in [0.25, 0.3) is 5.91 Å². The second-order valence-corrected chi connectivity index (χ2v) is 11.4. The van der Waals surface area contributed by atoms with Gasteiger partial charge in [-0.15, -0.1) is 0 Å². The minimum absolute atomic E-state index is 0.0742. The molecule has 5 rings (SSSR count). The van der Waals surface area contributed by atoms with Crippen LogP contribution in [0, 0.1) is 13.8 Å². The fourth-order valence-corrected chi connectivity index (χ4v) is 6.09. The van der Waals surface area contributed by atoms with E-state index in [-0.39, 0.29) is 22.5 Å². The minimum Gasteiger partial charge on any atom is -0.497 e. The molecule has 3 aromatic carbocycles. The molecule has 1 fully saturated rings. The van der Waals surface area contributed by atoms with E-state index in [4.69, 9.17) is 15.2 Å².